The number of hydrogen-bond donors (Lipinski definition) is 2. The van der Waals surface area contributed by atoms with E-state index < -0.39 is 5.97 Å². The van der Waals surface area contributed by atoms with Crippen molar-refractivity contribution in [3.63, 3.8) is 0 Å². The predicted molar refractivity (Wildman–Crippen MR) is 104 cm³/mol. The maximum atomic E-state index is 13.3. The third-order valence-corrected chi connectivity index (χ3v) is 4.99. The van der Waals surface area contributed by atoms with Crippen LogP contribution in [0.4, 0.5) is 11.4 Å². The SMILES string of the molecule is O=C(O)CCCOc1cc2c(cc1CO)C(=O)N1c3ccccc3CC1C=N2. The molecule has 7 heteroatoms. The van der Waals surface area contributed by atoms with Crippen LogP contribution in [-0.2, 0) is 17.8 Å². The molecule has 28 heavy (non-hydrogen) atoms. The molecule has 0 saturated heterocycles. The van der Waals surface area contributed by atoms with Crippen LogP contribution in [0.2, 0.25) is 0 Å². The molecule has 0 aliphatic carbocycles. The van der Waals surface area contributed by atoms with E-state index in [2.05, 4.69) is 4.99 Å². The fourth-order valence-corrected chi connectivity index (χ4v) is 3.64. The van der Waals surface area contributed by atoms with Gasteiger partial charge in [-0.05, 0) is 24.1 Å². The lowest BCUT2D eigenvalue weighted by Gasteiger charge is -2.22. The molecule has 0 bridgehead atoms. The molecule has 0 radical (unpaired) electrons. The Balaban J connectivity index is 1.65. The Morgan fingerprint density at radius 3 is 2.89 bits per heavy atom. The summed E-state index contributed by atoms with van der Waals surface area (Å²) in [5.41, 5.74) is 3.37. The number of carbonyl (C=O) groups excluding carboxylic acids is 1. The van der Waals surface area contributed by atoms with Crippen LogP contribution in [-0.4, -0.2) is 41.0 Å². The topological polar surface area (TPSA) is 99.4 Å². The largest absolute Gasteiger partial charge is 0.493 e. The van der Waals surface area contributed by atoms with Gasteiger partial charge in [0.15, 0.2) is 0 Å². The third-order valence-electron chi connectivity index (χ3n) is 4.99. The number of carboxylic acid groups (broad SMARTS) is 1. The molecule has 0 fully saturated rings. The highest BCUT2D eigenvalue weighted by Crippen LogP contribution is 2.38. The summed E-state index contributed by atoms with van der Waals surface area (Å²) >= 11 is 0. The first kappa shape index (κ1) is 18.2. The molecular formula is C21H20N2O5. The summed E-state index contributed by atoms with van der Waals surface area (Å²) in [5.74, 6) is -0.627. The average molecular weight is 380 g/mol. The molecule has 4 rings (SSSR count). The van der Waals surface area contributed by atoms with Gasteiger partial charge in [-0.1, -0.05) is 18.2 Å². The van der Waals surface area contributed by atoms with Crippen molar-refractivity contribution >= 4 is 29.5 Å². The lowest BCUT2D eigenvalue weighted by atomic mass is 10.1. The first-order chi connectivity index (χ1) is 13.6. The van der Waals surface area contributed by atoms with Crippen LogP contribution in [0.3, 0.4) is 0 Å². The third kappa shape index (κ3) is 3.25. The first-order valence-corrected chi connectivity index (χ1v) is 9.16. The van der Waals surface area contributed by atoms with Gasteiger partial charge in [-0.3, -0.25) is 19.5 Å². The van der Waals surface area contributed by atoms with Crippen LogP contribution >= 0.6 is 0 Å². The Hall–Kier alpha value is -3.19. The summed E-state index contributed by atoms with van der Waals surface area (Å²) in [6.07, 6.45) is 2.85. The molecule has 0 saturated carbocycles. The summed E-state index contributed by atoms with van der Waals surface area (Å²) in [4.78, 5) is 30.1. The highest BCUT2D eigenvalue weighted by atomic mass is 16.5. The van der Waals surface area contributed by atoms with E-state index >= 15 is 0 Å². The van der Waals surface area contributed by atoms with Gasteiger partial charge in [-0.2, -0.15) is 0 Å². The van der Waals surface area contributed by atoms with Crippen molar-refractivity contribution in [3.05, 3.63) is 53.1 Å². The normalized spacial score (nSPS) is 17.0. The summed E-state index contributed by atoms with van der Waals surface area (Å²) in [5, 5.41) is 18.5. The van der Waals surface area contributed by atoms with Crippen molar-refractivity contribution in [3.8, 4) is 5.75 Å². The van der Waals surface area contributed by atoms with Gasteiger partial charge < -0.3 is 14.9 Å². The van der Waals surface area contributed by atoms with Gasteiger partial charge >= 0.3 is 5.97 Å². The Morgan fingerprint density at radius 1 is 1.29 bits per heavy atom. The number of carbonyl (C=O) groups is 2. The highest BCUT2D eigenvalue weighted by Gasteiger charge is 2.36. The monoisotopic (exact) mass is 380 g/mol. The van der Waals surface area contributed by atoms with Gasteiger partial charge in [0.2, 0.25) is 0 Å². The number of para-hydroxylation sites is 1. The standard InChI is InChI=1S/C21H20N2O5/c24-12-14-9-16-17(10-19(14)28-7-3-6-20(25)26)22-11-15-8-13-4-1-2-5-18(13)23(15)21(16)27/h1-2,4-5,9-11,15,24H,3,6-8,12H2,(H,25,26). The molecule has 0 spiro atoms. The van der Waals surface area contributed by atoms with Crippen LogP contribution in [0.15, 0.2) is 41.4 Å². The molecule has 2 aliphatic rings. The van der Waals surface area contributed by atoms with Crippen molar-refractivity contribution < 1.29 is 24.5 Å². The van der Waals surface area contributed by atoms with Gasteiger partial charge in [-0.15, -0.1) is 0 Å². The van der Waals surface area contributed by atoms with Crippen LogP contribution in [0, 0.1) is 0 Å². The number of aliphatic hydroxyl groups is 1. The predicted octanol–water partition coefficient (Wildman–Crippen LogP) is 2.71. The summed E-state index contributed by atoms with van der Waals surface area (Å²) in [6.45, 7) is -0.0869. The number of amides is 1. The molecular weight excluding hydrogens is 360 g/mol. The van der Waals surface area contributed by atoms with E-state index in [1.165, 1.54) is 0 Å². The van der Waals surface area contributed by atoms with Crippen LogP contribution in [0.5, 0.6) is 5.75 Å². The van der Waals surface area contributed by atoms with Crippen molar-refractivity contribution in [2.75, 3.05) is 11.5 Å². The van der Waals surface area contributed by atoms with Gasteiger partial charge in [0.25, 0.3) is 5.91 Å². The van der Waals surface area contributed by atoms with Crippen LogP contribution in [0.25, 0.3) is 0 Å². The van der Waals surface area contributed by atoms with Gasteiger partial charge in [0.1, 0.15) is 5.75 Å². The number of aliphatic hydroxyl groups excluding tert-OH is 1. The number of rotatable bonds is 6. The zero-order chi connectivity index (χ0) is 19.7. The van der Waals surface area contributed by atoms with Crippen molar-refractivity contribution in [2.24, 2.45) is 4.99 Å². The molecule has 1 atom stereocenters. The number of carboxylic acids is 1. The Kier molecular flexibility index (Phi) is 4.83. The van der Waals surface area contributed by atoms with E-state index in [4.69, 9.17) is 9.84 Å². The molecule has 2 aromatic carbocycles. The van der Waals surface area contributed by atoms with Crippen molar-refractivity contribution in [2.45, 2.75) is 31.9 Å². The number of nitrogens with zero attached hydrogens (tertiary/aromatic N) is 2. The lowest BCUT2D eigenvalue weighted by molar-refractivity contribution is -0.137. The zero-order valence-corrected chi connectivity index (χ0v) is 15.2. The number of benzene rings is 2. The van der Waals surface area contributed by atoms with Gasteiger partial charge in [-0.25, -0.2) is 0 Å². The molecule has 2 aromatic rings. The Labute approximate surface area is 161 Å². The van der Waals surface area contributed by atoms with E-state index in [-0.39, 0.29) is 31.6 Å². The maximum Gasteiger partial charge on any atom is 0.303 e. The maximum absolute atomic E-state index is 13.3. The average Bonchev–Trinajstić information content (AvgIpc) is 3.01. The molecule has 1 unspecified atom stereocenters. The number of fused-ring (bicyclic) bond motifs is 4. The van der Waals surface area contributed by atoms with Crippen LogP contribution < -0.4 is 9.64 Å². The van der Waals surface area contributed by atoms with E-state index in [1.54, 1.807) is 23.2 Å². The zero-order valence-electron chi connectivity index (χ0n) is 15.2. The van der Waals surface area contributed by atoms with Gasteiger partial charge in [0, 0.05) is 36.4 Å². The second-order valence-electron chi connectivity index (χ2n) is 6.83. The minimum atomic E-state index is -0.885. The summed E-state index contributed by atoms with van der Waals surface area (Å²) < 4.78 is 5.65. The Bertz CT molecular complexity index is 969. The van der Waals surface area contributed by atoms with Crippen LogP contribution in [0.1, 0.15) is 34.3 Å². The van der Waals surface area contributed by atoms with E-state index in [0.29, 0.717) is 35.4 Å². The highest BCUT2D eigenvalue weighted by molar-refractivity contribution is 6.14. The minimum Gasteiger partial charge on any atom is -0.493 e. The molecule has 144 valence electrons. The number of aliphatic carboxylic acids is 1. The van der Waals surface area contributed by atoms with Crippen molar-refractivity contribution in [1.29, 1.82) is 0 Å². The second kappa shape index (κ2) is 7.44. The fraction of sp³-hybridized carbons (Fsp3) is 0.286. The lowest BCUT2D eigenvalue weighted by Crippen LogP contribution is -2.37. The minimum absolute atomic E-state index is 0.00604. The van der Waals surface area contributed by atoms with E-state index in [0.717, 1.165) is 11.3 Å². The first-order valence-electron chi connectivity index (χ1n) is 9.16. The van der Waals surface area contributed by atoms with Gasteiger partial charge in [0.05, 0.1) is 30.5 Å². The molecule has 2 aliphatic heterocycles. The second-order valence-corrected chi connectivity index (χ2v) is 6.83. The molecule has 0 aromatic heterocycles. The van der Waals surface area contributed by atoms with E-state index in [9.17, 15) is 14.7 Å². The van der Waals surface area contributed by atoms with Crippen molar-refractivity contribution in [1.82, 2.24) is 0 Å². The Morgan fingerprint density at radius 2 is 2.11 bits per heavy atom. The molecule has 7 nitrogen and oxygen atoms in total. The molecule has 2 N–H and O–H groups in total. The number of aliphatic imine (C=N–C) groups is 1. The number of anilines is 1. The summed E-state index contributed by atoms with van der Waals surface area (Å²) in [7, 11) is 0. The molecule has 2 heterocycles. The quantitative estimate of drug-likeness (QED) is 0.751. The number of hydrogen-bond acceptors (Lipinski definition) is 5. The summed E-state index contributed by atoms with van der Waals surface area (Å²) in [6, 6.07) is 10.9. The fourth-order valence-electron chi connectivity index (χ4n) is 3.64. The number of ether oxygens (including phenoxy) is 1. The molecule has 1 amide bonds. The smallest absolute Gasteiger partial charge is 0.303 e. The van der Waals surface area contributed by atoms with E-state index in [1.807, 2.05) is 24.3 Å².